The first-order valence-corrected chi connectivity index (χ1v) is 9.30. The lowest BCUT2D eigenvalue weighted by atomic mass is 9.77. The number of aromatic amines is 1. The lowest BCUT2D eigenvalue weighted by molar-refractivity contribution is -0.128. The Morgan fingerprint density at radius 2 is 2.00 bits per heavy atom. The van der Waals surface area contributed by atoms with Crippen LogP contribution in [0.1, 0.15) is 31.4 Å². The maximum absolute atomic E-state index is 12.3. The van der Waals surface area contributed by atoms with E-state index in [0.717, 1.165) is 57.7 Å². The smallest absolute Gasteiger partial charge is 0.223 e. The molecule has 0 unspecified atom stereocenters. The second kappa shape index (κ2) is 8.22. The van der Waals surface area contributed by atoms with E-state index in [2.05, 4.69) is 9.88 Å². The highest BCUT2D eigenvalue weighted by molar-refractivity contribution is 5.79. The molecule has 0 aliphatic carbocycles. The van der Waals surface area contributed by atoms with Crippen LogP contribution >= 0.6 is 0 Å². The van der Waals surface area contributed by atoms with Crippen molar-refractivity contribution < 1.29 is 14.3 Å². The van der Waals surface area contributed by atoms with Crippen molar-refractivity contribution in [1.29, 1.82) is 0 Å². The zero-order chi connectivity index (χ0) is 18.6. The van der Waals surface area contributed by atoms with Gasteiger partial charge in [-0.15, -0.1) is 0 Å². The van der Waals surface area contributed by atoms with E-state index in [1.54, 1.807) is 19.4 Å². The molecule has 3 rings (SSSR count). The minimum atomic E-state index is -0.0946. The third-order valence-corrected chi connectivity index (χ3v) is 5.65. The number of rotatable bonds is 7. The van der Waals surface area contributed by atoms with Gasteiger partial charge >= 0.3 is 0 Å². The Balaban J connectivity index is 1.52. The minimum absolute atomic E-state index is 0.0946. The molecule has 0 aromatic carbocycles. The maximum atomic E-state index is 12.3. The van der Waals surface area contributed by atoms with Gasteiger partial charge in [0, 0.05) is 57.7 Å². The highest BCUT2D eigenvalue weighted by atomic mass is 16.5. The van der Waals surface area contributed by atoms with Crippen LogP contribution < -0.4 is 10.2 Å². The predicted molar refractivity (Wildman–Crippen MR) is 98.2 cm³/mol. The number of hydrogen-bond acceptors (Lipinski definition) is 5. The molecule has 1 aromatic heterocycles. The number of aromatic nitrogens is 1. The van der Waals surface area contributed by atoms with E-state index in [4.69, 9.17) is 9.47 Å². The summed E-state index contributed by atoms with van der Waals surface area (Å²) in [4.78, 5) is 31.7. The number of carbonyl (C=O) groups is 1. The van der Waals surface area contributed by atoms with E-state index < -0.39 is 0 Å². The number of hydrogen-bond donors (Lipinski definition) is 1. The van der Waals surface area contributed by atoms with Crippen molar-refractivity contribution in [3.05, 3.63) is 28.2 Å². The predicted octanol–water partition coefficient (Wildman–Crippen LogP) is 1.23. The molecule has 0 atom stereocenters. The van der Waals surface area contributed by atoms with E-state index in [1.165, 1.54) is 7.11 Å². The van der Waals surface area contributed by atoms with Gasteiger partial charge in [-0.05, 0) is 37.8 Å². The summed E-state index contributed by atoms with van der Waals surface area (Å²) >= 11 is 0. The van der Waals surface area contributed by atoms with E-state index in [1.807, 2.05) is 4.90 Å². The van der Waals surface area contributed by atoms with E-state index in [9.17, 15) is 9.59 Å². The number of piperidine rings is 1. The number of H-pyrrole nitrogens is 1. The SMILES string of the molecule is COCCCN1CC2(CCN(Cc3cc(=O)c(OC)c[nH]3)CC2)CC1=O. The van der Waals surface area contributed by atoms with Crippen molar-refractivity contribution in [2.24, 2.45) is 5.41 Å². The van der Waals surface area contributed by atoms with Crippen molar-refractivity contribution in [2.75, 3.05) is 47.0 Å². The zero-order valence-electron chi connectivity index (χ0n) is 15.8. The van der Waals surface area contributed by atoms with Crippen LogP contribution in [0.2, 0.25) is 0 Å². The van der Waals surface area contributed by atoms with Gasteiger partial charge in [0.25, 0.3) is 0 Å². The zero-order valence-corrected chi connectivity index (χ0v) is 15.8. The number of amides is 1. The Morgan fingerprint density at radius 1 is 1.23 bits per heavy atom. The average molecular weight is 363 g/mol. The molecule has 0 bridgehead atoms. The molecule has 3 heterocycles. The Labute approximate surface area is 154 Å². The van der Waals surface area contributed by atoms with Crippen LogP contribution in [-0.2, 0) is 16.1 Å². The van der Waals surface area contributed by atoms with Gasteiger partial charge in [0.1, 0.15) is 0 Å². The highest BCUT2D eigenvalue weighted by Crippen LogP contribution is 2.41. The third-order valence-electron chi connectivity index (χ3n) is 5.65. The van der Waals surface area contributed by atoms with Crippen molar-refractivity contribution in [1.82, 2.24) is 14.8 Å². The minimum Gasteiger partial charge on any atom is -0.491 e. The molecule has 0 saturated carbocycles. The monoisotopic (exact) mass is 363 g/mol. The van der Waals surface area contributed by atoms with Crippen LogP contribution in [0.15, 0.2) is 17.1 Å². The van der Waals surface area contributed by atoms with Gasteiger partial charge in [0.2, 0.25) is 11.3 Å². The number of nitrogens with zero attached hydrogens (tertiary/aromatic N) is 2. The van der Waals surface area contributed by atoms with Crippen molar-refractivity contribution in [3.8, 4) is 5.75 Å². The Hall–Kier alpha value is -1.86. The molecule has 7 heteroatoms. The summed E-state index contributed by atoms with van der Waals surface area (Å²) in [7, 11) is 3.19. The number of likely N-dealkylation sites (tertiary alicyclic amines) is 2. The molecule has 1 spiro atoms. The number of pyridine rings is 1. The molecular formula is C19H29N3O4. The number of carbonyl (C=O) groups excluding carboxylic acids is 1. The molecule has 7 nitrogen and oxygen atoms in total. The fraction of sp³-hybridized carbons (Fsp3) is 0.684. The second-order valence-corrected chi connectivity index (χ2v) is 7.51. The number of nitrogens with one attached hydrogen (secondary N) is 1. The maximum Gasteiger partial charge on any atom is 0.223 e. The van der Waals surface area contributed by atoms with Crippen LogP contribution in [0.25, 0.3) is 0 Å². The largest absolute Gasteiger partial charge is 0.491 e. The molecule has 2 saturated heterocycles. The Bertz CT molecular complexity index is 680. The molecule has 26 heavy (non-hydrogen) atoms. The van der Waals surface area contributed by atoms with Gasteiger partial charge < -0.3 is 19.4 Å². The highest BCUT2D eigenvalue weighted by Gasteiger charge is 2.44. The van der Waals surface area contributed by atoms with Crippen molar-refractivity contribution >= 4 is 5.91 Å². The van der Waals surface area contributed by atoms with Gasteiger partial charge in [-0.1, -0.05) is 0 Å². The summed E-state index contributed by atoms with van der Waals surface area (Å²) in [6.07, 6.45) is 5.25. The first-order chi connectivity index (χ1) is 12.5. The fourth-order valence-corrected chi connectivity index (χ4v) is 4.10. The number of ether oxygens (including phenoxy) is 2. The fourth-order valence-electron chi connectivity index (χ4n) is 4.10. The summed E-state index contributed by atoms with van der Waals surface area (Å²) < 4.78 is 10.1. The summed E-state index contributed by atoms with van der Waals surface area (Å²) in [6, 6.07) is 1.61. The van der Waals surface area contributed by atoms with Gasteiger partial charge in [-0.2, -0.15) is 0 Å². The normalized spacial score (nSPS) is 20.1. The molecule has 2 fully saturated rings. The van der Waals surface area contributed by atoms with Crippen LogP contribution in [0, 0.1) is 5.41 Å². The van der Waals surface area contributed by atoms with Gasteiger partial charge in [-0.25, -0.2) is 0 Å². The molecule has 1 amide bonds. The van der Waals surface area contributed by atoms with E-state index in [-0.39, 0.29) is 16.8 Å². The van der Waals surface area contributed by atoms with Crippen LogP contribution in [-0.4, -0.2) is 67.7 Å². The van der Waals surface area contributed by atoms with Crippen LogP contribution in [0.4, 0.5) is 0 Å². The molecule has 2 aliphatic rings. The van der Waals surface area contributed by atoms with Crippen molar-refractivity contribution in [3.63, 3.8) is 0 Å². The summed E-state index contributed by atoms with van der Waals surface area (Å²) in [5.41, 5.74) is 0.937. The first-order valence-electron chi connectivity index (χ1n) is 9.30. The van der Waals surface area contributed by atoms with Crippen molar-refractivity contribution in [2.45, 2.75) is 32.2 Å². The molecule has 0 radical (unpaired) electrons. The lowest BCUT2D eigenvalue weighted by Crippen LogP contribution is -2.41. The second-order valence-electron chi connectivity index (χ2n) is 7.51. The first kappa shape index (κ1) is 18.9. The third kappa shape index (κ3) is 4.27. The van der Waals surface area contributed by atoms with E-state index >= 15 is 0 Å². The Kier molecular flexibility index (Phi) is 5.98. The quantitative estimate of drug-likeness (QED) is 0.738. The standard InChI is InChI=1S/C19H29N3O4/c1-25-9-3-6-22-14-19(11-18(22)24)4-7-21(8-5-19)13-15-10-16(23)17(26-2)12-20-15/h10,12H,3-9,11,13-14H2,1-2H3,(H,20,23). The molecule has 2 aliphatic heterocycles. The van der Waals surface area contributed by atoms with Gasteiger partial charge in [0.05, 0.1) is 7.11 Å². The lowest BCUT2D eigenvalue weighted by Gasteiger charge is -2.38. The molecule has 1 N–H and O–H groups in total. The van der Waals surface area contributed by atoms with E-state index in [0.29, 0.717) is 18.8 Å². The number of methoxy groups -OCH3 is 2. The van der Waals surface area contributed by atoms with Crippen LogP contribution in [0.3, 0.4) is 0 Å². The molecule has 1 aromatic rings. The van der Waals surface area contributed by atoms with Gasteiger partial charge in [0.15, 0.2) is 5.75 Å². The van der Waals surface area contributed by atoms with Gasteiger partial charge in [-0.3, -0.25) is 14.5 Å². The average Bonchev–Trinajstić information content (AvgIpc) is 2.93. The molecule has 144 valence electrons. The summed E-state index contributed by atoms with van der Waals surface area (Å²) in [5.74, 6) is 0.624. The summed E-state index contributed by atoms with van der Waals surface area (Å²) in [5, 5.41) is 0. The molecular weight excluding hydrogens is 334 g/mol. The summed E-state index contributed by atoms with van der Waals surface area (Å²) in [6.45, 7) is 5.00. The Morgan fingerprint density at radius 3 is 2.65 bits per heavy atom. The topological polar surface area (TPSA) is 74.9 Å². The van der Waals surface area contributed by atoms with Crippen LogP contribution in [0.5, 0.6) is 5.75 Å².